The van der Waals surface area contributed by atoms with Crippen molar-refractivity contribution >= 4 is 28.5 Å². The molecule has 0 unspecified atom stereocenters. The minimum Gasteiger partial charge on any atom is -0.497 e. The Balaban J connectivity index is 1.60. The third-order valence-corrected chi connectivity index (χ3v) is 6.82. The van der Waals surface area contributed by atoms with Crippen LogP contribution in [-0.4, -0.2) is 33.9 Å². The molecule has 0 aliphatic heterocycles. The van der Waals surface area contributed by atoms with Gasteiger partial charge in [0.1, 0.15) is 23.9 Å². The summed E-state index contributed by atoms with van der Waals surface area (Å²) in [5, 5.41) is 11.5. The van der Waals surface area contributed by atoms with Gasteiger partial charge in [0.25, 0.3) is 0 Å². The van der Waals surface area contributed by atoms with Crippen LogP contribution in [0.4, 0.5) is 5.69 Å². The fraction of sp³-hybridized carbons (Fsp3) is 0.188. The molecular weight excluding hydrogens is 502 g/mol. The molecule has 2 amide bonds. The predicted octanol–water partition coefficient (Wildman–Crippen LogP) is 5.15. The molecule has 1 aromatic heterocycles. The number of anilines is 1. The Kier molecular flexibility index (Phi) is 7.87. The van der Waals surface area contributed by atoms with Crippen LogP contribution in [0.1, 0.15) is 28.3 Å². The first-order valence-corrected chi connectivity index (χ1v) is 13.1. The number of hydrogen-bond donors (Lipinski definition) is 1. The lowest BCUT2D eigenvalue weighted by molar-refractivity contribution is -0.127. The van der Waals surface area contributed by atoms with Crippen LogP contribution >= 0.6 is 0 Å². The van der Waals surface area contributed by atoms with Crippen molar-refractivity contribution in [1.29, 1.82) is 0 Å². The Morgan fingerprint density at radius 1 is 0.925 bits per heavy atom. The summed E-state index contributed by atoms with van der Waals surface area (Å²) in [6, 6.07) is 29.3. The van der Waals surface area contributed by atoms with Gasteiger partial charge < -0.3 is 10.1 Å². The summed E-state index contributed by atoms with van der Waals surface area (Å²) >= 11 is 0. The van der Waals surface area contributed by atoms with E-state index < -0.39 is 6.04 Å². The second-order valence-corrected chi connectivity index (χ2v) is 9.67. The summed E-state index contributed by atoms with van der Waals surface area (Å²) < 4.78 is 7.05. The highest BCUT2D eigenvalue weighted by atomic mass is 16.5. The molecule has 1 atom stereocenters. The minimum atomic E-state index is -0.971. The summed E-state index contributed by atoms with van der Waals surface area (Å²) in [6.45, 7) is 4.12. The molecule has 8 nitrogen and oxygen atoms in total. The fourth-order valence-corrected chi connectivity index (χ4v) is 4.75. The van der Waals surface area contributed by atoms with Crippen molar-refractivity contribution in [3.63, 3.8) is 0 Å². The molecule has 0 radical (unpaired) electrons. The van der Waals surface area contributed by atoms with E-state index in [9.17, 15) is 9.59 Å². The van der Waals surface area contributed by atoms with Crippen molar-refractivity contribution in [1.82, 2.24) is 20.3 Å². The monoisotopic (exact) mass is 533 g/mol. The molecule has 0 bridgehead atoms. The molecule has 0 saturated carbocycles. The van der Waals surface area contributed by atoms with Crippen LogP contribution in [-0.2, 0) is 22.7 Å². The maximum absolute atomic E-state index is 14.3. The van der Waals surface area contributed by atoms with E-state index in [0.29, 0.717) is 29.1 Å². The van der Waals surface area contributed by atoms with E-state index in [4.69, 9.17) is 4.74 Å². The third kappa shape index (κ3) is 5.71. The number of hydrogen-bond acceptors (Lipinski definition) is 5. The number of benzene rings is 4. The molecule has 0 spiro atoms. The minimum absolute atomic E-state index is 0.0969. The Morgan fingerprint density at radius 2 is 1.70 bits per heavy atom. The molecule has 4 aromatic carbocycles. The number of carbonyl (C=O) groups is 2. The molecule has 1 heterocycles. The average Bonchev–Trinajstić information content (AvgIpc) is 3.39. The van der Waals surface area contributed by atoms with Crippen molar-refractivity contribution in [2.45, 2.75) is 33.0 Å². The van der Waals surface area contributed by atoms with E-state index in [1.54, 1.807) is 22.8 Å². The highest BCUT2D eigenvalue weighted by Crippen LogP contribution is 2.33. The number of methoxy groups -OCH3 is 1. The van der Waals surface area contributed by atoms with E-state index in [1.807, 2.05) is 105 Å². The summed E-state index contributed by atoms with van der Waals surface area (Å²) in [4.78, 5) is 29.9. The maximum Gasteiger partial charge on any atom is 0.249 e. The van der Waals surface area contributed by atoms with Gasteiger partial charge >= 0.3 is 0 Å². The third-order valence-electron chi connectivity index (χ3n) is 6.82. The molecule has 0 aliphatic carbocycles. The van der Waals surface area contributed by atoms with Gasteiger partial charge in [-0.05, 0) is 66.4 Å². The van der Waals surface area contributed by atoms with Gasteiger partial charge in [0.15, 0.2) is 0 Å². The van der Waals surface area contributed by atoms with E-state index in [1.165, 1.54) is 0 Å². The van der Waals surface area contributed by atoms with Gasteiger partial charge in [-0.1, -0.05) is 71.9 Å². The van der Waals surface area contributed by atoms with E-state index in [2.05, 4.69) is 15.6 Å². The van der Waals surface area contributed by atoms with Gasteiger partial charge in [-0.2, -0.15) is 0 Å². The molecule has 5 aromatic rings. The van der Waals surface area contributed by atoms with Gasteiger partial charge in [-0.3, -0.25) is 14.5 Å². The van der Waals surface area contributed by atoms with Crippen LogP contribution in [0.25, 0.3) is 11.0 Å². The molecule has 0 fully saturated rings. The summed E-state index contributed by atoms with van der Waals surface area (Å²) in [7, 11) is 1.58. The maximum atomic E-state index is 14.3. The van der Waals surface area contributed by atoms with E-state index in [0.717, 1.165) is 22.2 Å². The standard InChI is InChI=1S/C32H31N5O3/c1-22-16-17-23(2)29(18-22)37(30(38)21-36-28-15-8-7-14-27(28)34-35-36)31(25-12-9-13-26(19-25)40-3)32(39)33-20-24-10-5-4-6-11-24/h4-19,31H,20-21H2,1-3H3,(H,33,39)/t31-/m0/s1. The zero-order valence-corrected chi connectivity index (χ0v) is 22.7. The lowest BCUT2D eigenvalue weighted by Crippen LogP contribution is -2.45. The number of fused-ring (bicyclic) bond motifs is 1. The Bertz CT molecular complexity index is 1650. The Hall–Kier alpha value is -4.98. The van der Waals surface area contributed by atoms with E-state index in [-0.39, 0.29) is 18.4 Å². The molecule has 8 heteroatoms. The van der Waals surface area contributed by atoms with Crippen LogP contribution in [0.2, 0.25) is 0 Å². The first kappa shape index (κ1) is 26.6. The van der Waals surface area contributed by atoms with Gasteiger partial charge in [0.2, 0.25) is 11.8 Å². The quantitative estimate of drug-likeness (QED) is 0.283. The summed E-state index contributed by atoms with van der Waals surface area (Å²) in [5.41, 5.74) is 5.50. The largest absolute Gasteiger partial charge is 0.497 e. The van der Waals surface area contributed by atoms with Crippen molar-refractivity contribution in [3.05, 3.63) is 119 Å². The van der Waals surface area contributed by atoms with Crippen LogP contribution in [0.5, 0.6) is 5.75 Å². The van der Waals surface area contributed by atoms with Crippen molar-refractivity contribution in [3.8, 4) is 5.75 Å². The number of amides is 2. The second kappa shape index (κ2) is 11.8. The van der Waals surface area contributed by atoms with Gasteiger partial charge in [-0.25, -0.2) is 4.68 Å². The number of aromatic nitrogens is 3. The molecular formula is C32H31N5O3. The number of nitrogens with zero attached hydrogens (tertiary/aromatic N) is 4. The molecule has 40 heavy (non-hydrogen) atoms. The first-order chi connectivity index (χ1) is 19.4. The van der Waals surface area contributed by atoms with Crippen LogP contribution < -0.4 is 15.0 Å². The Labute approximate surface area is 233 Å². The first-order valence-electron chi connectivity index (χ1n) is 13.1. The highest BCUT2D eigenvalue weighted by molar-refractivity contribution is 6.02. The SMILES string of the molecule is COc1cccc([C@@H](C(=O)NCc2ccccc2)N(C(=O)Cn2nnc3ccccc32)c2cc(C)ccc2C)c1. The molecule has 202 valence electrons. The van der Waals surface area contributed by atoms with Crippen molar-refractivity contribution in [2.24, 2.45) is 0 Å². The van der Waals surface area contributed by atoms with Gasteiger partial charge in [0.05, 0.1) is 12.6 Å². The lowest BCUT2D eigenvalue weighted by Gasteiger charge is -2.33. The zero-order valence-electron chi connectivity index (χ0n) is 22.7. The van der Waals surface area contributed by atoms with Crippen LogP contribution in [0.15, 0.2) is 97.1 Å². The highest BCUT2D eigenvalue weighted by Gasteiger charge is 2.34. The number of para-hydroxylation sites is 1. The number of aryl methyl sites for hydroxylation is 2. The lowest BCUT2D eigenvalue weighted by atomic mass is 10.0. The van der Waals surface area contributed by atoms with Gasteiger partial charge in [0, 0.05) is 12.2 Å². The van der Waals surface area contributed by atoms with Gasteiger partial charge in [-0.15, -0.1) is 5.10 Å². The predicted molar refractivity (Wildman–Crippen MR) is 155 cm³/mol. The number of carbonyl (C=O) groups excluding carboxylic acids is 2. The molecule has 0 saturated heterocycles. The smallest absolute Gasteiger partial charge is 0.249 e. The molecule has 1 N–H and O–H groups in total. The Morgan fingerprint density at radius 3 is 2.50 bits per heavy atom. The van der Waals surface area contributed by atoms with E-state index >= 15 is 0 Å². The topological polar surface area (TPSA) is 89.4 Å². The van der Waals surface area contributed by atoms with Crippen LogP contribution in [0, 0.1) is 13.8 Å². The summed E-state index contributed by atoms with van der Waals surface area (Å²) in [5.74, 6) is -0.0177. The molecule has 5 rings (SSSR count). The second-order valence-electron chi connectivity index (χ2n) is 9.67. The zero-order chi connectivity index (χ0) is 28.1. The van der Waals surface area contributed by atoms with Crippen molar-refractivity contribution < 1.29 is 14.3 Å². The fourth-order valence-electron chi connectivity index (χ4n) is 4.75. The number of rotatable bonds is 9. The summed E-state index contributed by atoms with van der Waals surface area (Å²) in [6.07, 6.45) is 0. The normalized spacial score (nSPS) is 11.7. The number of ether oxygens (including phenoxy) is 1. The van der Waals surface area contributed by atoms with Crippen LogP contribution in [0.3, 0.4) is 0 Å². The van der Waals surface area contributed by atoms with Crippen molar-refractivity contribution in [2.75, 3.05) is 12.0 Å². The average molecular weight is 534 g/mol. The molecule has 0 aliphatic rings. The number of nitrogens with one attached hydrogen (secondary N) is 1.